The fourth-order valence-corrected chi connectivity index (χ4v) is 2.41. The molecule has 1 N–H and O–H groups in total. The van der Waals surface area contributed by atoms with Crippen molar-refractivity contribution < 1.29 is 19.4 Å². The molecule has 1 aromatic rings. The van der Waals surface area contributed by atoms with E-state index in [1.165, 1.54) is 12.8 Å². The zero-order valence-electron chi connectivity index (χ0n) is 11.1. The molecule has 3 rings (SSSR count). The SMILES string of the molecule is Cc1cc2c(cc1CCC(=O)O)OCC1(CC1)CO2. The monoisotopic (exact) mass is 262 g/mol. The van der Waals surface area contributed by atoms with Gasteiger partial charge in [0.05, 0.1) is 13.2 Å². The molecule has 1 aliphatic carbocycles. The Kier molecular flexibility index (Phi) is 2.88. The zero-order chi connectivity index (χ0) is 13.5. The molecule has 1 fully saturated rings. The molecule has 0 unspecified atom stereocenters. The van der Waals surface area contributed by atoms with Gasteiger partial charge in [0, 0.05) is 11.8 Å². The van der Waals surface area contributed by atoms with Crippen molar-refractivity contribution in [2.24, 2.45) is 5.41 Å². The molecule has 4 heteroatoms. The van der Waals surface area contributed by atoms with Gasteiger partial charge in [-0.05, 0) is 49.4 Å². The van der Waals surface area contributed by atoms with Crippen LogP contribution in [0.1, 0.15) is 30.4 Å². The van der Waals surface area contributed by atoms with E-state index in [-0.39, 0.29) is 11.8 Å². The van der Waals surface area contributed by atoms with Crippen molar-refractivity contribution in [2.75, 3.05) is 13.2 Å². The summed E-state index contributed by atoms with van der Waals surface area (Å²) in [5.74, 6) is 0.776. The lowest BCUT2D eigenvalue weighted by molar-refractivity contribution is -0.136. The van der Waals surface area contributed by atoms with Crippen LogP contribution in [0.15, 0.2) is 12.1 Å². The lowest BCUT2D eigenvalue weighted by Crippen LogP contribution is -2.17. The summed E-state index contributed by atoms with van der Waals surface area (Å²) in [5, 5.41) is 8.77. The molecule has 0 radical (unpaired) electrons. The average molecular weight is 262 g/mol. The first-order chi connectivity index (χ1) is 9.08. The number of hydrogen-bond donors (Lipinski definition) is 1. The molecule has 0 bridgehead atoms. The Morgan fingerprint density at radius 2 is 1.89 bits per heavy atom. The predicted molar refractivity (Wildman–Crippen MR) is 69.8 cm³/mol. The first kappa shape index (κ1) is 12.3. The number of aryl methyl sites for hydroxylation is 2. The van der Waals surface area contributed by atoms with Gasteiger partial charge in [0.2, 0.25) is 0 Å². The number of rotatable bonds is 3. The van der Waals surface area contributed by atoms with Crippen LogP contribution in [0.2, 0.25) is 0 Å². The number of aliphatic carboxylic acids is 1. The second-order valence-electron chi connectivity index (χ2n) is 5.70. The molecule has 0 atom stereocenters. The molecule has 19 heavy (non-hydrogen) atoms. The number of fused-ring (bicyclic) bond motifs is 1. The molecule has 4 nitrogen and oxygen atoms in total. The molecule has 1 spiro atoms. The van der Waals surface area contributed by atoms with E-state index in [0.29, 0.717) is 13.0 Å². The van der Waals surface area contributed by atoms with Crippen LogP contribution < -0.4 is 9.47 Å². The summed E-state index contributed by atoms with van der Waals surface area (Å²) in [6.45, 7) is 3.42. The fraction of sp³-hybridized carbons (Fsp3) is 0.533. The normalized spacial score (nSPS) is 19.0. The van der Waals surface area contributed by atoms with Crippen LogP contribution >= 0.6 is 0 Å². The molecular weight excluding hydrogens is 244 g/mol. The van der Waals surface area contributed by atoms with Crippen molar-refractivity contribution in [1.29, 1.82) is 0 Å². The van der Waals surface area contributed by atoms with Crippen LogP contribution in [0, 0.1) is 12.3 Å². The van der Waals surface area contributed by atoms with Gasteiger partial charge in [-0.15, -0.1) is 0 Å². The Bertz CT molecular complexity index is 517. The standard InChI is InChI=1S/C15H18O4/c1-10-6-12-13(7-11(10)2-3-14(16)17)19-9-15(4-5-15)8-18-12/h6-7H,2-5,8-9H2,1H3,(H,16,17). The summed E-state index contributed by atoms with van der Waals surface area (Å²) in [6.07, 6.45) is 3.02. The van der Waals surface area contributed by atoms with Gasteiger partial charge in [0.1, 0.15) is 0 Å². The molecule has 0 aromatic heterocycles. The molecule has 1 heterocycles. The van der Waals surface area contributed by atoms with E-state index in [2.05, 4.69) is 0 Å². The molecule has 2 aliphatic rings. The smallest absolute Gasteiger partial charge is 0.303 e. The first-order valence-corrected chi connectivity index (χ1v) is 6.69. The number of carboxylic acid groups (broad SMARTS) is 1. The quantitative estimate of drug-likeness (QED) is 0.909. The van der Waals surface area contributed by atoms with E-state index < -0.39 is 5.97 Å². The minimum absolute atomic E-state index is 0.143. The Hall–Kier alpha value is -1.71. The van der Waals surface area contributed by atoms with Crippen LogP contribution in [0.4, 0.5) is 0 Å². The third kappa shape index (κ3) is 2.53. The number of hydrogen-bond acceptors (Lipinski definition) is 3. The summed E-state index contributed by atoms with van der Waals surface area (Å²) in [7, 11) is 0. The van der Waals surface area contributed by atoms with E-state index >= 15 is 0 Å². The number of carbonyl (C=O) groups is 1. The summed E-state index contributed by atoms with van der Waals surface area (Å²) < 4.78 is 11.7. The highest BCUT2D eigenvalue weighted by Crippen LogP contribution is 2.49. The fourth-order valence-electron chi connectivity index (χ4n) is 2.41. The molecule has 0 saturated heterocycles. The van der Waals surface area contributed by atoms with Crippen molar-refractivity contribution in [2.45, 2.75) is 32.6 Å². The van der Waals surface area contributed by atoms with Gasteiger partial charge in [-0.1, -0.05) is 0 Å². The highest BCUT2D eigenvalue weighted by Gasteiger charge is 2.46. The second-order valence-corrected chi connectivity index (χ2v) is 5.70. The Balaban J connectivity index is 1.82. The van der Waals surface area contributed by atoms with Crippen molar-refractivity contribution in [3.8, 4) is 11.5 Å². The molecule has 1 saturated carbocycles. The maximum atomic E-state index is 10.7. The Morgan fingerprint density at radius 3 is 2.47 bits per heavy atom. The second kappa shape index (κ2) is 4.44. The molecular formula is C15H18O4. The van der Waals surface area contributed by atoms with Crippen LogP contribution in [0.25, 0.3) is 0 Å². The number of ether oxygens (including phenoxy) is 2. The van der Waals surface area contributed by atoms with E-state index in [1.54, 1.807) is 0 Å². The number of benzene rings is 1. The van der Waals surface area contributed by atoms with E-state index in [1.807, 2.05) is 19.1 Å². The summed E-state index contributed by atoms with van der Waals surface area (Å²) in [4.78, 5) is 10.7. The summed E-state index contributed by atoms with van der Waals surface area (Å²) >= 11 is 0. The average Bonchev–Trinajstić information content (AvgIpc) is 3.16. The highest BCUT2D eigenvalue weighted by atomic mass is 16.5. The van der Waals surface area contributed by atoms with Crippen molar-refractivity contribution >= 4 is 5.97 Å². The largest absolute Gasteiger partial charge is 0.489 e. The topological polar surface area (TPSA) is 55.8 Å². The van der Waals surface area contributed by atoms with Crippen molar-refractivity contribution in [3.05, 3.63) is 23.3 Å². The van der Waals surface area contributed by atoms with Gasteiger partial charge >= 0.3 is 5.97 Å². The first-order valence-electron chi connectivity index (χ1n) is 6.69. The maximum absolute atomic E-state index is 10.7. The minimum Gasteiger partial charge on any atom is -0.489 e. The molecule has 0 amide bonds. The molecule has 1 aromatic carbocycles. The van der Waals surface area contributed by atoms with Gasteiger partial charge in [-0.3, -0.25) is 4.79 Å². The highest BCUT2D eigenvalue weighted by molar-refractivity contribution is 5.67. The third-order valence-electron chi connectivity index (χ3n) is 4.04. The van der Waals surface area contributed by atoms with Crippen LogP contribution in [-0.2, 0) is 11.2 Å². The van der Waals surface area contributed by atoms with Crippen molar-refractivity contribution in [3.63, 3.8) is 0 Å². The maximum Gasteiger partial charge on any atom is 0.303 e. The molecule has 102 valence electrons. The zero-order valence-corrected chi connectivity index (χ0v) is 11.1. The van der Waals surface area contributed by atoms with Gasteiger partial charge < -0.3 is 14.6 Å². The lowest BCUT2D eigenvalue weighted by Gasteiger charge is -2.11. The van der Waals surface area contributed by atoms with Crippen LogP contribution in [0.3, 0.4) is 0 Å². The lowest BCUT2D eigenvalue weighted by atomic mass is 10.0. The van der Waals surface area contributed by atoms with Gasteiger partial charge in [0.25, 0.3) is 0 Å². The predicted octanol–water partition coefficient (Wildman–Crippen LogP) is 2.56. The summed E-state index contributed by atoms with van der Waals surface area (Å²) in [5.41, 5.74) is 2.32. The van der Waals surface area contributed by atoms with Gasteiger partial charge in [0.15, 0.2) is 11.5 Å². The third-order valence-corrected chi connectivity index (χ3v) is 4.04. The van der Waals surface area contributed by atoms with E-state index in [9.17, 15) is 4.79 Å². The Morgan fingerprint density at radius 1 is 1.26 bits per heavy atom. The van der Waals surface area contributed by atoms with Crippen molar-refractivity contribution in [1.82, 2.24) is 0 Å². The van der Waals surface area contributed by atoms with Gasteiger partial charge in [-0.25, -0.2) is 0 Å². The van der Waals surface area contributed by atoms with E-state index in [4.69, 9.17) is 14.6 Å². The van der Waals surface area contributed by atoms with E-state index in [0.717, 1.165) is 29.2 Å². The Labute approximate surface area is 112 Å². The molecule has 1 aliphatic heterocycles. The van der Waals surface area contributed by atoms with Crippen LogP contribution in [-0.4, -0.2) is 24.3 Å². The number of carboxylic acids is 1. The minimum atomic E-state index is -0.775. The summed E-state index contributed by atoms with van der Waals surface area (Å²) in [6, 6.07) is 3.91. The van der Waals surface area contributed by atoms with Gasteiger partial charge in [-0.2, -0.15) is 0 Å². The van der Waals surface area contributed by atoms with Crippen LogP contribution in [0.5, 0.6) is 11.5 Å².